The molecule has 4 aromatic rings. The van der Waals surface area contributed by atoms with Gasteiger partial charge in [-0.1, -0.05) is 49.0 Å². The smallest absolute Gasteiger partial charge is 0.316 e. The van der Waals surface area contributed by atoms with E-state index >= 15 is 0 Å². The maximum absolute atomic E-state index is 12.9. The van der Waals surface area contributed by atoms with Crippen LogP contribution in [0.2, 0.25) is 0 Å². The molecule has 0 aliphatic carbocycles. The predicted molar refractivity (Wildman–Crippen MR) is 179 cm³/mol. The molecule has 0 aliphatic heterocycles. The summed E-state index contributed by atoms with van der Waals surface area (Å²) in [7, 11) is 0. The van der Waals surface area contributed by atoms with Crippen molar-refractivity contribution in [2.45, 2.75) is 62.1 Å². The number of phenols is 1. The molecule has 0 atom stereocenters. The van der Waals surface area contributed by atoms with Crippen LogP contribution in [0.25, 0.3) is 11.2 Å². The molecule has 0 bridgehead atoms. The number of fused-ring (bicyclic) bond motifs is 1. The van der Waals surface area contributed by atoms with E-state index in [9.17, 15) is 9.90 Å². The van der Waals surface area contributed by atoms with Gasteiger partial charge in [-0.05, 0) is 81.8 Å². The van der Waals surface area contributed by atoms with Crippen molar-refractivity contribution < 1.29 is 9.90 Å². The number of amides is 2. The lowest BCUT2D eigenvalue weighted by Crippen LogP contribution is -2.42. The minimum atomic E-state index is -0.323. The highest BCUT2D eigenvalue weighted by molar-refractivity contribution is 8.00. The number of carbonyl (C=O) groups is 1. The van der Waals surface area contributed by atoms with Crippen molar-refractivity contribution in [1.82, 2.24) is 25.2 Å². The van der Waals surface area contributed by atoms with Gasteiger partial charge in [-0.2, -0.15) is 16.9 Å². The second-order valence-electron chi connectivity index (χ2n) is 10.3. The summed E-state index contributed by atoms with van der Waals surface area (Å²) in [5.74, 6) is 0.982. The number of hydrogen-bond donors (Lipinski definition) is 3. The Kier molecular flexibility index (Phi) is 10.8. The summed E-state index contributed by atoms with van der Waals surface area (Å²) in [6.45, 7) is 10.8. The molecule has 2 aromatic carbocycles. The van der Waals surface area contributed by atoms with Crippen molar-refractivity contribution in [3.63, 3.8) is 0 Å². The number of aromatic nitrogens is 3. The third kappa shape index (κ3) is 8.11. The fourth-order valence-electron chi connectivity index (χ4n) is 4.19. The molecule has 0 fully saturated rings. The number of carbonyl (C=O) groups excluding carboxylic acids is 1. The van der Waals surface area contributed by atoms with E-state index in [2.05, 4.69) is 59.9 Å². The molecule has 3 N–H and O–H groups in total. The number of nitrogens with zero attached hydrogens (tertiary/aromatic N) is 5. The molecule has 2 heterocycles. The molecule has 0 saturated heterocycles. The van der Waals surface area contributed by atoms with E-state index in [-0.39, 0.29) is 23.2 Å². The second kappa shape index (κ2) is 14.5. The van der Waals surface area contributed by atoms with E-state index in [0.717, 1.165) is 44.5 Å². The van der Waals surface area contributed by atoms with Crippen LogP contribution in [-0.4, -0.2) is 49.1 Å². The van der Waals surface area contributed by atoms with E-state index in [1.165, 1.54) is 0 Å². The Hall–Kier alpha value is -3.96. The van der Waals surface area contributed by atoms with Gasteiger partial charge in [0.15, 0.2) is 11.5 Å². The molecule has 43 heavy (non-hydrogen) atoms. The van der Waals surface area contributed by atoms with Crippen LogP contribution >= 0.6 is 23.5 Å². The number of pyridine rings is 1. The monoisotopic (exact) mass is 617 g/mol. The van der Waals surface area contributed by atoms with Crippen molar-refractivity contribution >= 4 is 52.2 Å². The Balaban J connectivity index is 1.45. The number of urea groups is 1. The molecule has 11 heteroatoms. The molecule has 0 aliphatic rings. The number of allylic oxidation sites excluding steroid dienone is 2. The number of benzene rings is 2. The zero-order chi connectivity index (χ0) is 31.0. The molecule has 2 amide bonds. The highest BCUT2D eigenvalue weighted by atomic mass is 32.2. The lowest BCUT2D eigenvalue weighted by Gasteiger charge is -2.26. The van der Waals surface area contributed by atoms with Gasteiger partial charge in [-0.3, -0.25) is 4.40 Å². The summed E-state index contributed by atoms with van der Waals surface area (Å²) in [4.78, 5) is 15.0. The largest absolute Gasteiger partial charge is 0.508 e. The van der Waals surface area contributed by atoms with Gasteiger partial charge in [0.05, 0.1) is 11.4 Å². The molecule has 4 rings (SSSR count). The van der Waals surface area contributed by atoms with Gasteiger partial charge in [0, 0.05) is 33.3 Å². The maximum Gasteiger partial charge on any atom is 0.316 e. The minimum absolute atomic E-state index is 0.126. The van der Waals surface area contributed by atoms with Gasteiger partial charge in [0.25, 0.3) is 0 Å². The average molecular weight is 618 g/mol. The SMILES string of the molecule is C/C=C(\CC)c1nnc2ccc(Sc3ccccc3CNC(=O)NCN(/N=C(\C)C(C)(C)SC)c3cccc(O)c3)cn12. The summed E-state index contributed by atoms with van der Waals surface area (Å²) < 4.78 is 1.84. The Morgan fingerprint density at radius 3 is 2.63 bits per heavy atom. The Bertz CT molecular complexity index is 1630. The maximum atomic E-state index is 12.9. The number of nitrogens with one attached hydrogen (secondary N) is 2. The summed E-state index contributed by atoms with van der Waals surface area (Å²) in [5.41, 5.74) is 4.50. The zero-order valence-electron chi connectivity index (χ0n) is 25.5. The fourth-order valence-corrected chi connectivity index (χ4v) is 5.49. The first-order chi connectivity index (χ1) is 20.6. The standard InChI is InChI=1S/C32H39N7O2S2/c1-7-23(8-2)30-36-35-29-17-16-27(20-38(29)30)43-28-15-10-9-12-24(28)19-33-31(41)34-21-39(25-13-11-14-26(40)18-25)37-22(3)32(4,5)42-6/h7,9-18,20,40H,8,19,21H2,1-6H3,(H2,33,34,41)/b23-7+,37-22+. The van der Waals surface area contributed by atoms with Crippen LogP contribution in [0.15, 0.2) is 87.8 Å². The summed E-state index contributed by atoms with van der Waals surface area (Å²) in [6, 6.07) is 18.5. The summed E-state index contributed by atoms with van der Waals surface area (Å²) >= 11 is 3.32. The second-order valence-corrected chi connectivity index (χ2v) is 12.9. The van der Waals surface area contributed by atoms with Gasteiger partial charge < -0.3 is 15.7 Å². The third-order valence-corrected chi connectivity index (χ3v) is 9.61. The highest BCUT2D eigenvalue weighted by Gasteiger charge is 2.22. The van der Waals surface area contributed by atoms with Gasteiger partial charge >= 0.3 is 6.03 Å². The summed E-state index contributed by atoms with van der Waals surface area (Å²) in [6.07, 6.45) is 7.04. The van der Waals surface area contributed by atoms with Crippen molar-refractivity contribution in [1.29, 1.82) is 0 Å². The predicted octanol–water partition coefficient (Wildman–Crippen LogP) is 7.18. The average Bonchev–Trinajstić information content (AvgIpc) is 3.42. The minimum Gasteiger partial charge on any atom is -0.508 e. The van der Waals surface area contributed by atoms with Crippen molar-refractivity contribution in [3.05, 3.63) is 84.3 Å². The Morgan fingerprint density at radius 2 is 1.91 bits per heavy atom. The third-order valence-electron chi connectivity index (χ3n) is 7.20. The van der Waals surface area contributed by atoms with Crippen LogP contribution in [0.3, 0.4) is 0 Å². The first-order valence-electron chi connectivity index (χ1n) is 14.1. The van der Waals surface area contributed by atoms with E-state index in [1.807, 2.05) is 60.9 Å². The Labute approximate surface area is 261 Å². The van der Waals surface area contributed by atoms with Crippen LogP contribution in [0, 0.1) is 0 Å². The quantitative estimate of drug-likeness (QED) is 0.0878. The topological polar surface area (TPSA) is 107 Å². The van der Waals surface area contributed by atoms with Crippen LogP contribution in [0.1, 0.15) is 52.4 Å². The zero-order valence-corrected chi connectivity index (χ0v) is 27.1. The first kappa shape index (κ1) is 32.0. The molecular weight excluding hydrogens is 579 g/mol. The number of phenolic OH excluding ortho intramolecular Hbond substituents is 1. The van der Waals surface area contributed by atoms with E-state index < -0.39 is 0 Å². The fraction of sp³-hybridized carbons (Fsp3) is 0.312. The molecule has 9 nitrogen and oxygen atoms in total. The molecular formula is C32H39N7O2S2. The van der Waals surface area contributed by atoms with Gasteiger partial charge in [-0.15, -0.1) is 10.2 Å². The van der Waals surface area contributed by atoms with E-state index in [4.69, 9.17) is 5.10 Å². The number of thioether (sulfide) groups is 1. The lowest BCUT2D eigenvalue weighted by atomic mass is 10.1. The first-order valence-corrected chi connectivity index (χ1v) is 16.1. The number of hydrazone groups is 1. The molecule has 0 unspecified atom stereocenters. The molecule has 0 radical (unpaired) electrons. The Morgan fingerprint density at radius 1 is 1.12 bits per heavy atom. The van der Waals surface area contributed by atoms with E-state index in [0.29, 0.717) is 12.2 Å². The highest BCUT2D eigenvalue weighted by Crippen LogP contribution is 2.31. The van der Waals surface area contributed by atoms with Gasteiger partial charge in [0.2, 0.25) is 0 Å². The number of anilines is 1. The lowest BCUT2D eigenvalue weighted by molar-refractivity contribution is 0.240. The number of aromatic hydroxyl groups is 1. The normalized spacial score (nSPS) is 12.4. The van der Waals surface area contributed by atoms with Crippen LogP contribution in [0.5, 0.6) is 5.75 Å². The van der Waals surface area contributed by atoms with Crippen LogP contribution < -0.4 is 15.6 Å². The van der Waals surface area contributed by atoms with Crippen molar-refractivity contribution in [3.8, 4) is 5.75 Å². The molecule has 226 valence electrons. The molecule has 2 aromatic heterocycles. The number of rotatable bonds is 12. The van der Waals surface area contributed by atoms with Crippen molar-refractivity contribution in [2.75, 3.05) is 17.9 Å². The van der Waals surface area contributed by atoms with Crippen LogP contribution in [0.4, 0.5) is 10.5 Å². The van der Waals surface area contributed by atoms with Gasteiger partial charge in [0.1, 0.15) is 12.4 Å². The van der Waals surface area contributed by atoms with Crippen molar-refractivity contribution in [2.24, 2.45) is 5.10 Å². The van der Waals surface area contributed by atoms with Crippen LogP contribution in [-0.2, 0) is 6.54 Å². The van der Waals surface area contributed by atoms with E-state index in [1.54, 1.807) is 46.7 Å². The molecule has 0 saturated carbocycles. The number of hydrogen-bond acceptors (Lipinski definition) is 8. The van der Waals surface area contributed by atoms with Gasteiger partial charge in [-0.25, -0.2) is 9.80 Å². The molecule has 0 spiro atoms. The summed E-state index contributed by atoms with van der Waals surface area (Å²) in [5, 5.41) is 31.1.